The average molecular weight is 119 g/mol. The summed E-state index contributed by atoms with van der Waals surface area (Å²) in [6.45, 7) is 0. The molecule has 0 aliphatic rings. The fourth-order valence-electron chi connectivity index (χ4n) is 0.180. The van der Waals surface area contributed by atoms with E-state index in [1.54, 1.807) is 0 Å². The molecule has 0 aromatic rings. The fraction of sp³-hybridized carbons (Fsp3) is 0.750. The van der Waals surface area contributed by atoms with Crippen molar-refractivity contribution in [2.45, 2.75) is 0 Å². The van der Waals surface area contributed by atoms with E-state index in [0.29, 0.717) is 5.75 Å². The number of hydrogen-bond donors (Lipinski definition) is 0. The first-order valence-electron chi connectivity index (χ1n) is 2.01. The van der Waals surface area contributed by atoms with E-state index in [2.05, 4.69) is 0 Å². The van der Waals surface area contributed by atoms with E-state index in [0.717, 1.165) is 6.29 Å². The highest BCUT2D eigenvalue weighted by molar-refractivity contribution is 7.97. The van der Waals surface area contributed by atoms with Crippen molar-refractivity contribution < 1.29 is 4.79 Å². The molecule has 0 aliphatic heterocycles. The lowest BCUT2D eigenvalue weighted by Gasteiger charge is -2.02. The molecule has 0 saturated carbocycles. The molecule has 0 aromatic heterocycles. The third-order valence-electron chi connectivity index (χ3n) is 0.401. The van der Waals surface area contributed by atoms with Crippen molar-refractivity contribution in [3.63, 3.8) is 0 Å². The summed E-state index contributed by atoms with van der Waals surface area (Å²) in [7, 11) is 3.82. The molecule has 0 radical (unpaired) electrons. The van der Waals surface area contributed by atoms with Crippen LogP contribution in [0.5, 0.6) is 0 Å². The number of carbonyl (C=O) groups is 1. The highest BCUT2D eigenvalue weighted by Gasteiger charge is 1.84. The van der Waals surface area contributed by atoms with Gasteiger partial charge in [-0.1, -0.05) is 11.9 Å². The zero-order valence-corrected chi connectivity index (χ0v) is 5.36. The molecule has 42 valence electrons. The van der Waals surface area contributed by atoms with Gasteiger partial charge in [0.15, 0.2) is 0 Å². The lowest BCUT2D eigenvalue weighted by atomic mass is 10.9. The largest absolute Gasteiger partial charge is 0.302 e. The predicted molar refractivity (Wildman–Crippen MR) is 32.2 cm³/mol. The summed E-state index contributed by atoms with van der Waals surface area (Å²) in [6, 6.07) is 0. The van der Waals surface area contributed by atoms with Crippen LogP contribution in [0.3, 0.4) is 0 Å². The Morgan fingerprint density at radius 3 is 2.43 bits per heavy atom. The van der Waals surface area contributed by atoms with E-state index in [1.807, 2.05) is 18.4 Å². The van der Waals surface area contributed by atoms with Gasteiger partial charge in [-0.05, 0) is 14.1 Å². The SMILES string of the molecule is CN(C)SCC=O. The van der Waals surface area contributed by atoms with Gasteiger partial charge in [-0.2, -0.15) is 0 Å². The third kappa shape index (κ3) is 5.98. The van der Waals surface area contributed by atoms with Gasteiger partial charge in [-0.25, -0.2) is 0 Å². The summed E-state index contributed by atoms with van der Waals surface area (Å²) < 4.78 is 1.90. The van der Waals surface area contributed by atoms with Crippen molar-refractivity contribution >= 4 is 18.2 Å². The van der Waals surface area contributed by atoms with Crippen molar-refractivity contribution in [3.8, 4) is 0 Å². The zero-order valence-electron chi connectivity index (χ0n) is 4.55. The smallest absolute Gasteiger partial charge is 0.131 e. The van der Waals surface area contributed by atoms with Crippen LogP contribution in [-0.2, 0) is 4.79 Å². The summed E-state index contributed by atoms with van der Waals surface area (Å²) >= 11 is 1.50. The molecular formula is C4H9NOS. The van der Waals surface area contributed by atoms with Crippen LogP contribution in [-0.4, -0.2) is 30.4 Å². The van der Waals surface area contributed by atoms with Gasteiger partial charge < -0.3 is 4.79 Å². The number of nitrogens with zero attached hydrogens (tertiary/aromatic N) is 1. The fourth-order valence-corrected chi connectivity index (χ4v) is 0.539. The van der Waals surface area contributed by atoms with Crippen LogP contribution in [0.4, 0.5) is 0 Å². The molecule has 0 fully saturated rings. The van der Waals surface area contributed by atoms with Crippen LogP contribution >= 0.6 is 11.9 Å². The average Bonchev–Trinajstić information content (AvgIpc) is 1.61. The van der Waals surface area contributed by atoms with Crippen LogP contribution < -0.4 is 0 Å². The topological polar surface area (TPSA) is 20.3 Å². The van der Waals surface area contributed by atoms with Crippen LogP contribution in [0, 0.1) is 0 Å². The summed E-state index contributed by atoms with van der Waals surface area (Å²) in [5, 5.41) is 0. The molecule has 2 nitrogen and oxygen atoms in total. The lowest BCUT2D eigenvalue weighted by Crippen LogP contribution is -2.00. The van der Waals surface area contributed by atoms with E-state index in [4.69, 9.17) is 0 Å². The molecule has 0 aliphatic carbocycles. The predicted octanol–water partition coefficient (Wildman–Crippen LogP) is 0.395. The van der Waals surface area contributed by atoms with Crippen LogP contribution in [0.2, 0.25) is 0 Å². The highest BCUT2D eigenvalue weighted by atomic mass is 32.2. The normalized spacial score (nSPS) is 9.57. The maximum Gasteiger partial charge on any atom is 0.131 e. The first-order valence-corrected chi connectivity index (χ1v) is 2.95. The molecule has 0 heterocycles. The Labute approximate surface area is 48.0 Å². The number of hydrogen-bond acceptors (Lipinski definition) is 3. The van der Waals surface area contributed by atoms with Gasteiger partial charge in [0.1, 0.15) is 6.29 Å². The molecule has 0 atom stereocenters. The molecule has 0 N–H and O–H groups in total. The van der Waals surface area contributed by atoms with Gasteiger partial charge in [-0.3, -0.25) is 4.31 Å². The minimum Gasteiger partial charge on any atom is -0.302 e. The maximum absolute atomic E-state index is 9.66. The molecule has 7 heavy (non-hydrogen) atoms. The quantitative estimate of drug-likeness (QED) is 0.396. The van der Waals surface area contributed by atoms with E-state index in [9.17, 15) is 4.79 Å². The Hall–Kier alpha value is -0.0200. The third-order valence-corrected chi connectivity index (χ3v) is 1.20. The second-order valence-corrected chi connectivity index (χ2v) is 2.60. The summed E-state index contributed by atoms with van der Waals surface area (Å²) in [6.07, 6.45) is 0.894. The van der Waals surface area contributed by atoms with E-state index < -0.39 is 0 Å². The lowest BCUT2D eigenvalue weighted by molar-refractivity contribution is -0.105. The van der Waals surface area contributed by atoms with Crippen LogP contribution in [0.1, 0.15) is 0 Å². The monoisotopic (exact) mass is 119 g/mol. The van der Waals surface area contributed by atoms with Crippen LogP contribution in [0.15, 0.2) is 0 Å². The van der Waals surface area contributed by atoms with Gasteiger partial charge in [-0.15, -0.1) is 0 Å². The second kappa shape index (κ2) is 4.15. The Bertz CT molecular complexity index is 55.7. The molecule has 0 aromatic carbocycles. The van der Waals surface area contributed by atoms with Gasteiger partial charge in [0.05, 0.1) is 5.75 Å². The van der Waals surface area contributed by atoms with Crippen molar-refractivity contribution in [2.75, 3.05) is 19.8 Å². The number of aldehydes is 1. The van der Waals surface area contributed by atoms with Gasteiger partial charge in [0, 0.05) is 0 Å². The second-order valence-electron chi connectivity index (χ2n) is 1.27. The number of rotatable bonds is 3. The summed E-state index contributed by atoms with van der Waals surface area (Å²) in [4.78, 5) is 9.66. The first-order chi connectivity index (χ1) is 3.27. The Morgan fingerprint density at radius 2 is 2.29 bits per heavy atom. The van der Waals surface area contributed by atoms with E-state index in [-0.39, 0.29) is 0 Å². The van der Waals surface area contributed by atoms with Gasteiger partial charge >= 0.3 is 0 Å². The Morgan fingerprint density at radius 1 is 1.71 bits per heavy atom. The van der Waals surface area contributed by atoms with Crippen molar-refractivity contribution in [3.05, 3.63) is 0 Å². The molecule has 3 heteroatoms. The minimum atomic E-state index is 0.562. The van der Waals surface area contributed by atoms with Gasteiger partial charge in [0.25, 0.3) is 0 Å². The van der Waals surface area contributed by atoms with Gasteiger partial charge in [0.2, 0.25) is 0 Å². The molecule has 0 spiro atoms. The van der Waals surface area contributed by atoms with Crippen molar-refractivity contribution in [2.24, 2.45) is 0 Å². The minimum absolute atomic E-state index is 0.562. The molecule has 0 saturated heterocycles. The Balaban J connectivity index is 2.81. The summed E-state index contributed by atoms with van der Waals surface area (Å²) in [5.74, 6) is 0.562. The van der Waals surface area contributed by atoms with Crippen molar-refractivity contribution in [1.29, 1.82) is 0 Å². The molecule has 0 rings (SSSR count). The Kier molecular flexibility index (Phi) is 4.14. The van der Waals surface area contributed by atoms with Crippen molar-refractivity contribution in [1.82, 2.24) is 4.31 Å². The number of carbonyl (C=O) groups excluding carboxylic acids is 1. The van der Waals surface area contributed by atoms with Crippen LogP contribution in [0.25, 0.3) is 0 Å². The maximum atomic E-state index is 9.66. The molecule has 0 amide bonds. The molecular weight excluding hydrogens is 110 g/mol. The van der Waals surface area contributed by atoms with E-state index >= 15 is 0 Å². The zero-order chi connectivity index (χ0) is 5.70. The summed E-state index contributed by atoms with van der Waals surface area (Å²) in [5.41, 5.74) is 0. The standard InChI is InChI=1S/C4H9NOS/c1-5(2)7-4-3-6/h3H,4H2,1-2H3. The molecule has 0 unspecified atom stereocenters. The first kappa shape index (κ1) is 6.98. The molecule has 0 bridgehead atoms. The van der Waals surface area contributed by atoms with E-state index in [1.165, 1.54) is 11.9 Å². The highest BCUT2D eigenvalue weighted by Crippen LogP contribution is 1.97.